The number of aryl methyl sites for hydroxylation is 2. The van der Waals surface area contributed by atoms with Gasteiger partial charge in [-0.15, -0.1) is 0 Å². The largest absolute Gasteiger partial charge is 0.493 e. The van der Waals surface area contributed by atoms with Crippen LogP contribution in [-0.4, -0.2) is 7.11 Å². The highest BCUT2D eigenvalue weighted by molar-refractivity contribution is 9.08. The second-order valence-electron chi connectivity index (χ2n) is 4.89. The summed E-state index contributed by atoms with van der Waals surface area (Å²) in [5.74, 6) is 1.39. The molecule has 2 rings (SSSR count). The minimum absolute atomic E-state index is 0.510. The molecule has 0 N–H and O–H groups in total. The average Bonchev–Trinajstić information content (AvgIpc) is 2.47. The smallest absolute Gasteiger partial charge is 0.165 e. The van der Waals surface area contributed by atoms with Crippen LogP contribution >= 0.6 is 27.5 Å². The molecule has 112 valence electrons. The maximum atomic E-state index is 6.09. The number of ether oxygens (including phenoxy) is 2. The zero-order chi connectivity index (χ0) is 15.4. The van der Waals surface area contributed by atoms with E-state index in [4.69, 9.17) is 21.1 Å². The molecule has 0 amide bonds. The topological polar surface area (TPSA) is 18.5 Å². The van der Waals surface area contributed by atoms with Gasteiger partial charge in [-0.2, -0.15) is 0 Å². The van der Waals surface area contributed by atoms with Crippen LogP contribution in [0.1, 0.15) is 22.3 Å². The predicted molar refractivity (Wildman–Crippen MR) is 90.9 cm³/mol. The van der Waals surface area contributed by atoms with Crippen molar-refractivity contribution >= 4 is 27.5 Å². The van der Waals surface area contributed by atoms with Crippen LogP contribution in [-0.2, 0) is 11.9 Å². The number of alkyl halides is 1. The number of halogens is 2. The zero-order valence-electron chi connectivity index (χ0n) is 12.4. The Morgan fingerprint density at radius 2 is 1.81 bits per heavy atom. The van der Waals surface area contributed by atoms with Crippen molar-refractivity contribution < 1.29 is 9.47 Å². The summed E-state index contributed by atoms with van der Waals surface area (Å²) >= 11 is 9.56. The second-order valence-corrected chi connectivity index (χ2v) is 5.89. The molecule has 0 aliphatic heterocycles. The first-order valence-electron chi connectivity index (χ1n) is 6.67. The van der Waals surface area contributed by atoms with Gasteiger partial charge >= 0.3 is 0 Å². The van der Waals surface area contributed by atoms with Crippen molar-refractivity contribution in [1.29, 1.82) is 0 Å². The van der Waals surface area contributed by atoms with Crippen LogP contribution < -0.4 is 9.47 Å². The lowest BCUT2D eigenvalue weighted by Crippen LogP contribution is -2.03. The molecule has 0 fully saturated rings. The molecule has 2 aromatic rings. The minimum Gasteiger partial charge on any atom is -0.493 e. The van der Waals surface area contributed by atoms with Crippen molar-refractivity contribution in [2.24, 2.45) is 0 Å². The van der Waals surface area contributed by atoms with Gasteiger partial charge in [-0.05, 0) is 36.6 Å². The molecule has 0 saturated carbocycles. The molecule has 0 spiro atoms. The van der Waals surface area contributed by atoms with Gasteiger partial charge in [0.2, 0.25) is 0 Å². The van der Waals surface area contributed by atoms with Crippen LogP contribution in [0.3, 0.4) is 0 Å². The number of rotatable bonds is 5. The lowest BCUT2D eigenvalue weighted by atomic mass is 10.0. The van der Waals surface area contributed by atoms with Gasteiger partial charge in [0.15, 0.2) is 11.5 Å². The fraction of sp³-hybridized carbons (Fsp3) is 0.294. The van der Waals surface area contributed by atoms with Crippen molar-refractivity contribution in [3.63, 3.8) is 0 Å². The summed E-state index contributed by atoms with van der Waals surface area (Å²) in [4.78, 5) is 0. The van der Waals surface area contributed by atoms with Crippen molar-refractivity contribution in [2.45, 2.75) is 25.8 Å². The Bertz CT molecular complexity index is 595. The van der Waals surface area contributed by atoms with E-state index in [9.17, 15) is 0 Å². The third kappa shape index (κ3) is 3.72. The average molecular weight is 370 g/mol. The van der Waals surface area contributed by atoms with Gasteiger partial charge in [-0.3, -0.25) is 0 Å². The number of benzene rings is 2. The fourth-order valence-corrected chi connectivity index (χ4v) is 2.91. The van der Waals surface area contributed by atoms with Gasteiger partial charge in [-0.1, -0.05) is 45.7 Å². The number of hydrogen-bond donors (Lipinski definition) is 0. The summed E-state index contributed by atoms with van der Waals surface area (Å²) in [5, 5.41) is 1.30. The van der Waals surface area contributed by atoms with E-state index >= 15 is 0 Å². The minimum atomic E-state index is 0.510. The maximum absolute atomic E-state index is 6.09. The Morgan fingerprint density at radius 3 is 2.38 bits per heavy atom. The maximum Gasteiger partial charge on any atom is 0.165 e. The SMILES string of the molecule is COc1cc(Cl)cc(CBr)c1OCc1c(C)cccc1C. The van der Waals surface area contributed by atoms with Crippen molar-refractivity contribution in [3.8, 4) is 11.5 Å². The molecule has 0 radical (unpaired) electrons. The quantitative estimate of drug-likeness (QED) is 0.653. The molecule has 0 atom stereocenters. The van der Waals surface area contributed by atoms with Gasteiger partial charge in [0.25, 0.3) is 0 Å². The Hall–Kier alpha value is -1.19. The van der Waals surface area contributed by atoms with Crippen LogP contribution in [0.2, 0.25) is 5.02 Å². The summed E-state index contributed by atoms with van der Waals surface area (Å²) in [7, 11) is 1.62. The third-order valence-corrected chi connectivity index (χ3v) is 4.29. The highest BCUT2D eigenvalue weighted by Crippen LogP contribution is 2.36. The number of methoxy groups -OCH3 is 1. The Morgan fingerprint density at radius 1 is 1.14 bits per heavy atom. The molecule has 0 heterocycles. The molecule has 0 aliphatic carbocycles. The second kappa shape index (κ2) is 7.19. The first-order chi connectivity index (χ1) is 10.1. The van der Waals surface area contributed by atoms with Gasteiger partial charge in [0, 0.05) is 22.0 Å². The van der Waals surface area contributed by atoms with Gasteiger partial charge < -0.3 is 9.47 Å². The van der Waals surface area contributed by atoms with E-state index in [1.165, 1.54) is 16.7 Å². The van der Waals surface area contributed by atoms with E-state index in [2.05, 4.69) is 48.0 Å². The molecule has 0 saturated heterocycles. The predicted octanol–water partition coefficient (Wildman–Crippen LogP) is 5.44. The van der Waals surface area contributed by atoms with Crippen LogP contribution in [0, 0.1) is 13.8 Å². The molecule has 0 unspecified atom stereocenters. The lowest BCUT2D eigenvalue weighted by molar-refractivity contribution is 0.281. The van der Waals surface area contributed by atoms with E-state index < -0.39 is 0 Å². The van der Waals surface area contributed by atoms with Gasteiger partial charge in [0.05, 0.1) is 7.11 Å². The molecule has 4 heteroatoms. The van der Waals surface area contributed by atoms with E-state index in [0.717, 1.165) is 11.3 Å². The first kappa shape index (κ1) is 16.2. The summed E-state index contributed by atoms with van der Waals surface area (Å²) in [6.45, 7) is 4.70. The van der Waals surface area contributed by atoms with Crippen LogP contribution in [0.4, 0.5) is 0 Å². The summed E-state index contributed by atoms with van der Waals surface area (Å²) < 4.78 is 11.4. The molecule has 2 aromatic carbocycles. The van der Waals surface area contributed by atoms with E-state index in [1.54, 1.807) is 13.2 Å². The molecular weight excluding hydrogens is 352 g/mol. The van der Waals surface area contributed by atoms with E-state index in [-0.39, 0.29) is 0 Å². The van der Waals surface area contributed by atoms with Gasteiger partial charge in [-0.25, -0.2) is 0 Å². The lowest BCUT2D eigenvalue weighted by Gasteiger charge is -2.16. The number of hydrogen-bond acceptors (Lipinski definition) is 2. The molecule has 0 aliphatic rings. The third-order valence-electron chi connectivity index (χ3n) is 3.47. The fourth-order valence-electron chi connectivity index (χ4n) is 2.26. The summed E-state index contributed by atoms with van der Waals surface area (Å²) in [6, 6.07) is 9.90. The normalized spacial score (nSPS) is 10.5. The standard InChI is InChI=1S/C17H18BrClO2/c1-11-5-4-6-12(2)15(11)10-21-17-13(9-18)7-14(19)8-16(17)20-3/h4-8H,9-10H2,1-3H3. The van der Waals surface area contributed by atoms with E-state index in [1.807, 2.05) is 6.07 Å². The Kier molecular flexibility index (Phi) is 5.54. The van der Waals surface area contributed by atoms with Crippen molar-refractivity contribution in [2.75, 3.05) is 7.11 Å². The van der Waals surface area contributed by atoms with E-state index in [0.29, 0.717) is 22.7 Å². The van der Waals surface area contributed by atoms with Crippen molar-refractivity contribution in [3.05, 3.63) is 57.6 Å². The molecule has 2 nitrogen and oxygen atoms in total. The Labute approximate surface area is 139 Å². The molecular formula is C17H18BrClO2. The van der Waals surface area contributed by atoms with Crippen LogP contribution in [0.25, 0.3) is 0 Å². The summed E-state index contributed by atoms with van der Waals surface area (Å²) in [6.07, 6.45) is 0. The molecule has 0 bridgehead atoms. The zero-order valence-corrected chi connectivity index (χ0v) is 14.7. The van der Waals surface area contributed by atoms with Gasteiger partial charge in [0.1, 0.15) is 6.61 Å². The highest BCUT2D eigenvalue weighted by atomic mass is 79.9. The monoisotopic (exact) mass is 368 g/mol. The van der Waals surface area contributed by atoms with Crippen molar-refractivity contribution in [1.82, 2.24) is 0 Å². The molecule has 0 aromatic heterocycles. The summed E-state index contributed by atoms with van der Waals surface area (Å²) in [5.41, 5.74) is 4.63. The first-order valence-corrected chi connectivity index (χ1v) is 8.17. The molecule has 21 heavy (non-hydrogen) atoms. The van der Waals surface area contributed by atoms with Crippen LogP contribution in [0.5, 0.6) is 11.5 Å². The Balaban J connectivity index is 2.31. The highest BCUT2D eigenvalue weighted by Gasteiger charge is 2.13. The van der Waals surface area contributed by atoms with Crippen LogP contribution in [0.15, 0.2) is 30.3 Å².